The van der Waals surface area contributed by atoms with E-state index < -0.39 is 5.97 Å². The molecule has 0 saturated carbocycles. The van der Waals surface area contributed by atoms with Crippen LogP contribution in [-0.2, 0) is 22.5 Å². The van der Waals surface area contributed by atoms with Crippen LogP contribution in [-0.4, -0.2) is 35.0 Å². The summed E-state index contributed by atoms with van der Waals surface area (Å²) in [6, 6.07) is 12.6. The number of phenols is 1. The Morgan fingerprint density at radius 3 is 2.67 bits per heavy atom. The summed E-state index contributed by atoms with van der Waals surface area (Å²) < 4.78 is 5.08. The van der Waals surface area contributed by atoms with Gasteiger partial charge in [-0.25, -0.2) is 4.79 Å². The number of amides is 1. The molecule has 0 spiro atoms. The molecule has 3 rings (SSSR count). The summed E-state index contributed by atoms with van der Waals surface area (Å²) in [6.45, 7) is 2.61. The topological polar surface area (TPSA) is 66.8 Å². The van der Waals surface area contributed by atoms with Gasteiger partial charge in [0, 0.05) is 13.1 Å². The minimum Gasteiger partial charge on any atom is -0.508 e. The third-order valence-electron chi connectivity index (χ3n) is 4.25. The molecule has 124 valence electrons. The predicted octanol–water partition coefficient (Wildman–Crippen LogP) is 2.44. The van der Waals surface area contributed by atoms with Crippen molar-refractivity contribution in [1.29, 1.82) is 0 Å². The monoisotopic (exact) mass is 325 g/mol. The van der Waals surface area contributed by atoms with Crippen molar-refractivity contribution in [1.82, 2.24) is 4.90 Å². The summed E-state index contributed by atoms with van der Waals surface area (Å²) in [5.74, 6) is -0.798. The first-order valence-corrected chi connectivity index (χ1v) is 7.86. The quantitative estimate of drug-likeness (QED) is 0.880. The number of benzene rings is 2. The Labute approximate surface area is 140 Å². The Balaban J connectivity index is 1.58. The molecule has 1 N–H and O–H groups in total. The molecule has 0 bridgehead atoms. The van der Waals surface area contributed by atoms with Gasteiger partial charge in [-0.05, 0) is 42.2 Å². The Morgan fingerprint density at radius 1 is 1.17 bits per heavy atom. The summed E-state index contributed by atoms with van der Waals surface area (Å²) >= 11 is 0. The molecular weight excluding hydrogens is 306 g/mol. The lowest BCUT2D eigenvalue weighted by Gasteiger charge is -2.28. The molecule has 0 radical (unpaired) electrons. The summed E-state index contributed by atoms with van der Waals surface area (Å²) in [4.78, 5) is 26.0. The van der Waals surface area contributed by atoms with Gasteiger partial charge >= 0.3 is 5.97 Å². The standard InChI is InChI=1S/C19H19NO4/c1-13-6-7-15(10-17(13)21)19(23)24-12-18(22)20-9-8-14-4-2-3-5-16(14)11-20/h2-7,10,21H,8-9,11-12H2,1H3. The van der Waals surface area contributed by atoms with E-state index in [2.05, 4.69) is 6.07 Å². The van der Waals surface area contributed by atoms with E-state index in [0.29, 0.717) is 18.7 Å². The van der Waals surface area contributed by atoms with Crippen LogP contribution in [0.4, 0.5) is 0 Å². The number of esters is 1. The van der Waals surface area contributed by atoms with Gasteiger partial charge in [0.2, 0.25) is 0 Å². The third kappa shape index (κ3) is 3.40. The zero-order valence-corrected chi connectivity index (χ0v) is 13.5. The van der Waals surface area contributed by atoms with Gasteiger partial charge in [-0.1, -0.05) is 30.3 Å². The van der Waals surface area contributed by atoms with Crippen LogP contribution in [0.25, 0.3) is 0 Å². The van der Waals surface area contributed by atoms with E-state index in [0.717, 1.165) is 12.0 Å². The van der Waals surface area contributed by atoms with E-state index in [9.17, 15) is 14.7 Å². The number of ether oxygens (including phenoxy) is 1. The SMILES string of the molecule is Cc1ccc(C(=O)OCC(=O)N2CCc3ccccc3C2)cc1O. The number of hydrogen-bond donors (Lipinski definition) is 1. The van der Waals surface area contributed by atoms with Crippen molar-refractivity contribution in [3.63, 3.8) is 0 Å². The molecule has 1 aliphatic heterocycles. The third-order valence-corrected chi connectivity index (χ3v) is 4.25. The molecule has 0 fully saturated rings. The van der Waals surface area contributed by atoms with Gasteiger partial charge in [0.05, 0.1) is 5.56 Å². The minimum atomic E-state index is -0.615. The number of carbonyl (C=O) groups is 2. The molecule has 1 amide bonds. The van der Waals surface area contributed by atoms with E-state index in [1.807, 2.05) is 18.2 Å². The molecule has 0 aromatic heterocycles. The fraction of sp³-hybridized carbons (Fsp3) is 0.263. The number of fused-ring (bicyclic) bond motifs is 1. The van der Waals surface area contributed by atoms with E-state index in [1.165, 1.54) is 11.6 Å². The highest BCUT2D eigenvalue weighted by Gasteiger charge is 2.21. The van der Waals surface area contributed by atoms with Gasteiger partial charge in [-0.3, -0.25) is 4.79 Å². The normalized spacial score (nSPS) is 13.3. The summed E-state index contributed by atoms with van der Waals surface area (Å²) in [5.41, 5.74) is 3.30. The van der Waals surface area contributed by atoms with Gasteiger partial charge in [0.15, 0.2) is 6.61 Å². The molecule has 1 aliphatic rings. The van der Waals surface area contributed by atoms with Crippen molar-refractivity contribution >= 4 is 11.9 Å². The summed E-state index contributed by atoms with van der Waals surface area (Å²) in [5, 5.41) is 9.64. The van der Waals surface area contributed by atoms with Gasteiger partial charge < -0.3 is 14.7 Å². The maximum absolute atomic E-state index is 12.3. The minimum absolute atomic E-state index is 0.0309. The highest BCUT2D eigenvalue weighted by Crippen LogP contribution is 2.19. The molecule has 1 heterocycles. The average Bonchev–Trinajstić information content (AvgIpc) is 2.61. The molecule has 2 aromatic carbocycles. The predicted molar refractivity (Wildman–Crippen MR) is 88.7 cm³/mol. The Bertz CT molecular complexity index is 785. The molecule has 2 aromatic rings. The molecule has 24 heavy (non-hydrogen) atoms. The fourth-order valence-corrected chi connectivity index (χ4v) is 2.75. The first-order valence-electron chi connectivity index (χ1n) is 7.86. The molecule has 0 saturated heterocycles. The second-order valence-corrected chi connectivity index (χ2v) is 5.91. The number of nitrogens with zero attached hydrogens (tertiary/aromatic N) is 1. The number of hydrogen-bond acceptors (Lipinski definition) is 4. The second kappa shape index (κ2) is 6.74. The van der Waals surface area contributed by atoms with Gasteiger partial charge in [-0.2, -0.15) is 0 Å². The summed E-state index contributed by atoms with van der Waals surface area (Å²) in [7, 11) is 0. The van der Waals surface area contributed by atoms with Crippen molar-refractivity contribution in [2.75, 3.05) is 13.2 Å². The fourth-order valence-electron chi connectivity index (χ4n) is 2.75. The number of phenolic OH excluding ortho intramolecular Hbond substituents is 1. The van der Waals surface area contributed by atoms with Crippen LogP contribution in [0.5, 0.6) is 5.75 Å². The van der Waals surface area contributed by atoms with Crippen LogP contribution in [0.2, 0.25) is 0 Å². The molecule has 5 heteroatoms. The summed E-state index contributed by atoms with van der Waals surface area (Å²) in [6.07, 6.45) is 0.807. The van der Waals surface area contributed by atoms with Crippen LogP contribution in [0.15, 0.2) is 42.5 Å². The van der Waals surface area contributed by atoms with Crippen molar-refractivity contribution in [3.05, 3.63) is 64.7 Å². The first-order chi connectivity index (χ1) is 11.5. The van der Waals surface area contributed by atoms with E-state index >= 15 is 0 Å². The van der Waals surface area contributed by atoms with Crippen molar-refractivity contribution in [3.8, 4) is 5.75 Å². The van der Waals surface area contributed by atoms with Gasteiger partial charge in [-0.15, -0.1) is 0 Å². The Hall–Kier alpha value is -2.82. The number of aryl methyl sites for hydroxylation is 1. The molecule has 0 unspecified atom stereocenters. The van der Waals surface area contributed by atoms with Gasteiger partial charge in [0.1, 0.15) is 5.75 Å². The maximum Gasteiger partial charge on any atom is 0.338 e. The highest BCUT2D eigenvalue weighted by molar-refractivity contribution is 5.91. The lowest BCUT2D eigenvalue weighted by Crippen LogP contribution is -2.38. The maximum atomic E-state index is 12.3. The van der Waals surface area contributed by atoms with Crippen LogP contribution < -0.4 is 0 Å². The van der Waals surface area contributed by atoms with Crippen molar-refractivity contribution < 1.29 is 19.4 Å². The molecule has 5 nitrogen and oxygen atoms in total. The molecule has 0 aliphatic carbocycles. The van der Waals surface area contributed by atoms with Crippen molar-refractivity contribution in [2.45, 2.75) is 19.9 Å². The van der Waals surface area contributed by atoms with Crippen molar-refractivity contribution in [2.24, 2.45) is 0 Å². The highest BCUT2D eigenvalue weighted by atomic mass is 16.5. The Morgan fingerprint density at radius 2 is 1.92 bits per heavy atom. The van der Waals surface area contributed by atoms with Gasteiger partial charge in [0.25, 0.3) is 5.91 Å². The number of carbonyl (C=O) groups excluding carboxylic acids is 2. The lowest BCUT2D eigenvalue weighted by atomic mass is 10.00. The second-order valence-electron chi connectivity index (χ2n) is 5.91. The van der Waals surface area contributed by atoms with E-state index in [-0.39, 0.29) is 23.8 Å². The smallest absolute Gasteiger partial charge is 0.338 e. The zero-order chi connectivity index (χ0) is 17.1. The van der Waals surface area contributed by atoms with Crippen LogP contribution in [0, 0.1) is 6.92 Å². The largest absolute Gasteiger partial charge is 0.508 e. The molecule has 0 atom stereocenters. The van der Waals surface area contributed by atoms with Crippen LogP contribution >= 0.6 is 0 Å². The van der Waals surface area contributed by atoms with Crippen LogP contribution in [0.1, 0.15) is 27.0 Å². The number of aromatic hydroxyl groups is 1. The van der Waals surface area contributed by atoms with Crippen LogP contribution in [0.3, 0.4) is 0 Å². The molecular formula is C19H19NO4. The van der Waals surface area contributed by atoms with E-state index in [4.69, 9.17) is 4.74 Å². The average molecular weight is 325 g/mol. The van der Waals surface area contributed by atoms with E-state index in [1.54, 1.807) is 24.0 Å². The zero-order valence-electron chi connectivity index (χ0n) is 13.5. The number of rotatable bonds is 3. The lowest BCUT2D eigenvalue weighted by molar-refractivity contribution is -0.135. The first kappa shape index (κ1) is 16.1. The Kier molecular flexibility index (Phi) is 4.51.